The summed E-state index contributed by atoms with van der Waals surface area (Å²) in [5.41, 5.74) is 2.09. The quantitative estimate of drug-likeness (QED) is 0.819. The molecule has 6 nitrogen and oxygen atoms in total. The third-order valence-electron chi connectivity index (χ3n) is 5.03. The topological polar surface area (TPSA) is 51.2 Å². The first-order chi connectivity index (χ1) is 12.2. The van der Waals surface area contributed by atoms with Gasteiger partial charge < -0.3 is 19.1 Å². The van der Waals surface area contributed by atoms with Crippen molar-refractivity contribution in [3.05, 3.63) is 28.3 Å². The second-order valence-electron chi connectivity index (χ2n) is 6.77. The maximum atomic E-state index is 12.4. The minimum absolute atomic E-state index is 0.151. The van der Waals surface area contributed by atoms with E-state index in [1.165, 1.54) is 0 Å². The minimum atomic E-state index is -0.222. The first kappa shape index (κ1) is 17.1. The molecule has 0 aromatic heterocycles. The van der Waals surface area contributed by atoms with E-state index in [-0.39, 0.29) is 18.8 Å². The molecule has 0 saturated carbocycles. The summed E-state index contributed by atoms with van der Waals surface area (Å²) in [5, 5.41) is 0.704. The number of halogens is 1. The van der Waals surface area contributed by atoms with Crippen LogP contribution in [0, 0.1) is 0 Å². The molecule has 0 unspecified atom stereocenters. The number of carbonyl (C=O) groups excluding carboxylic acids is 1. The van der Waals surface area contributed by atoms with E-state index in [4.69, 9.17) is 25.8 Å². The van der Waals surface area contributed by atoms with Crippen molar-refractivity contribution in [1.82, 2.24) is 9.80 Å². The predicted molar refractivity (Wildman–Crippen MR) is 92.6 cm³/mol. The zero-order chi connectivity index (χ0) is 17.2. The van der Waals surface area contributed by atoms with Gasteiger partial charge in [-0.25, -0.2) is 0 Å². The summed E-state index contributed by atoms with van der Waals surface area (Å²) in [6, 6.07) is 3.87. The van der Waals surface area contributed by atoms with Gasteiger partial charge in [-0.1, -0.05) is 11.6 Å². The van der Waals surface area contributed by atoms with Gasteiger partial charge in [-0.3, -0.25) is 9.69 Å². The molecule has 3 aliphatic heterocycles. The zero-order valence-corrected chi connectivity index (χ0v) is 15.0. The highest BCUT2D eigenvalue weighted by molar-refractivity contribution is 6.30. The van der Waals surface area contributed by atoms with Crippen LogP contribution in [0.4, 0.5) is 0 Å². The van der Waals surface area contributed by atoms with Crippen LogP contribution in [-0.4, -0.2) is 61.4 Å². The summed E-state index contributed by atoms with van der Waals surface area (Å²) >= 11 is 6.24. The number of fused-ring (bicyclic) bond motifs is 1. The molecule has 2 fully saturated rings. The molecule has 0 bridgehead atoms. The van der Waals surface area contributed by atoms with E-state index in [9.17, 15) is 4.79 Å². The number of hydrogen-bond donors (Lipinski definition) is 0. The van der Waals surface area contributed by atoms with Crippen LogP contribution in [0.5, 0.6) is 5.75 Å². The Kier molecular flexibility index (Phi) is 5.12. The predicted octanol–water partition coefficient (Wildman–Crippen LogP) is 2.03. The van der Waals surface area contributed by atoms with Crippen LogP contribution >= 0.6 is 11.6 Å². The molecule has 2 saturated heterocycles. The van der Waals surface area contributed by atoms with Crippen molar-refractivity contribution in [1.29, 1.82) is 0 Å². The average molecular weight is 367 g/mol. The van der Waals surface area contributed by atoms with Crippen LogP contribution < -0.4 is 4.74 Å². The lowest BCUT2D eigenvalue weighted by molar-refractivity contribution is -0.142. The third kappa shape index (κ3) is 3.77. The van der Waals surface area contributed by atoms with Gasteiger partial charge in [-0.2, -0.15) is 0 Å². The number of amides is 1. The summed E-state index contributed by atoms with van der Waals surface area (Å²) in [6.07, 6.45) is 1.62. The molecular weight excluding hydrogens is 344 g/mol. The fraction of sp³-hybridized carbons (Fsp3) is 0.611. The average Bonchev–Trinajstić information content (AvgIpc) is 3.16. The molecule has 3 aliphatic rings. The largest absolute Gasteiger partial charge is 0.467 e. The molecule has 1 aromatic rings. The van der Waals surface area contributed by atoms with Crippen molar-refractivity contribution in [2.45, 2.75) is 32.1 Å². The summed E-state index contributed by atoms with van der Waals surface area (Å²) in [5.74, 6) is 1.05. The van der Waals surface area contributed by atoms with Gasteiger partial charge in [0.25, 0.3) is 5.91 Å². The highest BCUT2D eigenvalue weighted by Gasteiger charge is 2.30. The maximum absolute atomic E-state index is 12.4. The lowest BCUT2D eigenvalue weighted by atomic mass is 10.1. The SMILES string of the molecule is O=C([C@H]1CCCO1)N1CCN(Cc2cc(Cl)cc3c2OCOC3)CC1. The number of rotatable bonds is 3. The Balaban J connectivity index is 1.37. The Hall–Kier alpha value is -1.34. The fourth-order valence-electron chi connectivity index (χ4n) is 3.72. The van der Waals surface area contributed by atoms with Gasteiger partial charge in [0, 0.05) is 55.5 Å². The molecule has 0 spiro atoms. The van der Waals surface area contributed by atoms with E-state index >= 15 is 0 Å². The standard InChI is InChI=1S/C18H23ClN2O4/c19-15-8-13(17-14(9-15)11-23-12-25-17)10-20-3-5-21(6-4-20)18(22)16-2-1-7-24-16/h8-9,16H,1-7,10-12H2/t16-/m1/s1. The van der Waals surface area contributed by atoms with E-state index in [0.717, 1.165) is 62.4 Å². The molecule has 1 atom stereocenters. The molecule has 3 heterocycles. The second-order valence-corrected chi connectivity index (χ2v) is 7.20. The molecule has 136 valence electrons. The van der Waals surface area contributed by atoms with E-state index in [0.29, 0.717) is 18.2 Å². The van der Waals surface area contributed by atoms with Gasteiger partial charge in [-0.15, -0.1) is 0 Å². The fourth-order valence-corrected chi connectivity index (χ4v) is 3.98. The number of benzene rings is 1. The number of piperazine rings is 1. The van der Waals surface area contributed by atoms with Crippen LogP contribution in [0.3, 0.4) is 0 Å². The Labute approximate surface area is 152 Å². The van der Waals surface area contributed by atoms with Crippen molar-refractivity contribution in [2.75, 3.05) is 39.6 Å². The van der Waals surface area contributed by atoms with Crippen LogP contribution in [0.2, 0.25) is 5.02 Å². The molecule has 0 N–H and O–H groups in total. The van der Waals surface area contributed by atoms with Gasteiger partial charge in [0.05, 0.1) is 6.61 Å². The maximum Gasteiger partial charge on any atom is 0.251 e. The monoisotopic (exact) mass is 366 g/mol. The molecule has 0 aliphatic carbocycles. The normalized spacial score (nSPS) is 24.0. The Bertz CT molecular complexity index is 640. The molecule has 0 radical (unpaired) electrons. The van der Waals surface area contributed by atoms with Gasteiger partial charge in [0.1, 0.15) is 11.9 Å². The number of hydrogen-bond acceptors (Lipinski definition) is 5. The summed E-state index contributed by atoms with van der Waals surface area (Å²) in [4.78, 5) is 16.7. The third-order valence-corrected chi connectivity index (χ3v) is 5.25. The molecule has 7 heteroatoms. The Morgan fingerprint density at radius 1 is 1.24 bits per heavy atom. The Morgan fingerprint density at radius 3 is 2.84 bits per heavy atom. The lowest BCUT2D eigenvalue weighted by Crippen LogP contribution is -2.51. The molecule has 25 heavy (non-hydrogen) atoms. The number of ether oxygens (including phenoxy) is 3. The summed E-state index contributed by atoms with van der Waals surface area (Å²) in [6.45, 7) is 5.46. The van der Waals surface area contributed by atoms with E-state index in [1.807, 2.05) is 17.0 Å². The molecule has 1 aromatic carbocycles. The second kappa shape index (κ2) is 7.50. The van der Waals surface area contributed by atoms with Gasteiger partial charge in [0.15, 0.2) is 6.79 Å². The highest BCUT2D eigenvalue weighted by atomic mass is 35.5. The zero-order valence-electron chi connectivity index (χ0n) is 14.2. The van der Waals surface area contributed by atoms with Crippen LogP contribution in [0.1, 0.15) is 24.0 Å². The van der Waals surface area contributed by atoms with Crippen LogP contribution in [-0.2, 0) is 27.4 Å². The van der Waals surface area contributed by atoms with Crippen molar-refractivity contribution >= 4 is 17.5 Å². The van der Waals surface area contributed by atoms with Crippen molar-refractivity contribution < 1.29 is 19.0 Å². The Morgan fingerprint density at radius 2 is 2.08 bits per heavy atom. The van der Waals surface area contributed by atoms with Gasteiger partial charge in [-0.05, 0) is 25.0 Å². The molecule has 1 amide bonds. The van der Waals surface area contributed by atoms with Crippen molar-refractivity contribution in [3.8, 4) is 5.75 Å². The first-order valence-electron chi connectivity index (χ1n) is 8.85. The summed E-state index contributed by atoms with van der Waals surface area (Å²) in [7, 11) is 0. The van der Waals surface area contributed by atoms with E-state index in [1.54, 1.807) is 0 Å². The number of nitrogens with zero attached hydrogens (tertiary/aromatic N) is 2. The highest BCUT2D eigenvalue weighted by Crippen LogP contribution is 2.32. The van der Waals surface area contributed by atoms with Crippen LogP contribution in [0.15, 0.2) is 12.1 Å². The van der Waals surface area contributed by atoms with Gasteiger partial charge in [0.2, 0.25) is 0 Å². The minimum Gasteiger partial charge on any atom is -0.467 e. The van der Waals surface area contributed by atoms with Crippen LogP contribution in [0.25, 0.3) is 0 Å². The summed E-state index contributed by atoms with van der Waals surface area (Å²) < 4.78 is 16.5. The van der Waals surface area contributed by atoms with Crippen molar-refractivity contribution in [2.24, 2.45) is 0 Å². The first-order valence-corrected chi connectivity index (χ1v) is 9.23. The molecular formula is C18H23ClN2O4. The van der Waals surface area contributed by atoms with Crippen molar-refractivity contribution in [3.63, 3.8) is 0 Å². The smallest absolute Gasteiger partial charge is 0.251 e. The number of carbonyl (C=O) groups is 1. The van der Waals surface area contributed by atoms with E-state index < -0.39 is 0 Å². The van der Waals surface area contributed by atoms with E-state index in [2.05, 4.69) is 4.90 Å². The molecule has 4 rings (SSSR count). The lowest BCUT2D eigenvalue weighted by Gasteiger charge is -2.36. The van der Waals surface area contributed by atoms with Gasteiger partial charge >= 0.3 is 0 Å².